The van der Waals surface area contributed by atoms with E-state index in [9.17, 15) is 0 Å². The lowest BCUT2D eigenvalue weighted by molar-refractivity contribution is 0.0164. The molecule has 1 heterocycles. The summed E-state index contributed by atoms with van der Waals surface area (Å²) in [6.07, 6.45) is 4.84. The third kappa shape index (κ3) is 6.99. The normalized spacial score (nSPS) is 24.0. The van der Waals surface area contributed by atoms with Crippen LogP contribution < -0.4 is 0 Å². The molecule has 0 unspecified atom stereocenters. The molecular weight excluding hydrogens is 168 g/mol. The van der Waals surface area contributed by atoms with E-state index in [4.69, 9.17) is 14.2 Å². The molecule has 3 nitrogen and oxygen atoms in total. The molecule has 3 heteroatoms. The van der Waals surface area contributed by atoms with Crippen LogP contribution in [0.2, 0.25) is 0 Å². The van der Waals surface area contributed by atoms with Crippen LogP contribution in [0.15, 0.2) is 0 Å². The molecule has 0 N–H and O–H groups in total. The molecule has 0 atom stereocenters. The molecule has 0 amide bonds. The average molecular weight is 188 g/mol. The van der Waals surface area contributed by atoms with Gasteiger partial charge in [-0.2, -0.15) is 0 Å². The van der Waals surface area contributed by atoms with Gasteiger partial charge in [-0.15, -0.1) is 0 Å². The van der Waals surface area contributed by atoms with Gasteiger partial charge in [-0.1, -0.05) is 12.8 Å². The smallest absolute Gasteiger partial charge is 0.0701 e. The van der Waals surface area contributed by atoms with Gasteiger partial charge in [-0.3, -0.25) is 0 Å². The van der Waals surface area contributed by atoms with Gasteiger partial charge in [0, 0.05) is 13.2 Å². The summed E-state index contributed by atoms with van der Waals surface area (Å²) in [4.78, 5) is 0. The Morgan fingerprint density at radius 2 is 0.769 bits per heavy atom. The zero-order valence-corrected chi connectivity index (χ0v) is 8.30. The molecule has 0 aromatic carbocycles. The van der Waals surface area contributed by atoms with Crippen LogP contribution in [0.4, 0.5) is 0 Å². The molecule has 13 heavy (non-hydrogen) atoms. The van der Waals surface area contributed by atoms with Gasteiger partial charge >= 0.3 is 0 Å². The second-order valence-corrected chi connectivity index (χ2v) is 3.25. The molecule has 0 spiro atoms. The predicted molar refractivity (Wildman–Crippen MR) is 50.9 cm³/mol. The summed E-state index contributed by atoms with van der Waals surface area (Å²) >= 11 is 0. The Kier molecular flexibility index (Phi) is 7.15. The minimum Gasteiger partial charge on any atom is -0.379 e. The predicted octanol–water partition coefficient (Wildman–Crippen LogP) is 1.61. The van der Waals surface area contributed by atoms with Crippen molar-refractivity contribution in [3.05, 3.63) is 0 Å². The van der Waals surface area contributed by atoms with Gasteiger partial charge in [0.05, 0.1) is 26.4 Å². The van der Waals surface area contributed by atoms with Crippen LogP contribution in [-0.2, 0) is 14.2 Å². The Bertz CT molecular complexity index is 58.2. The summed E-state index contributed by atoms with van der Waals surface area (Å²) in [6, 6.07) is 0. The Morgan fingerprint density at radius 3 is 1.23 bits per heavy atom. The van der Waals surface area contributed by atoms with Crippen molar-refractivity contribution in [2.45, 2.75) is 25.7 Å². The number of rotatable bonds is 0. The average Bonchev–Trinajstić information content (AvgIpc) is 2.18. The fourth-order valence-corrected chi connectivity index (χ4v) is 1.30. The van der Waals surface area contributed by atoms with Gasteiger partial charge in [0.1, 0.15) is 0 Å². The largest absolute Gasteiger partial charge is 0.379 e. The Morgan fingerprint density at radius 1 is 0.385 bits per heavy atom. The zero-order chi connectivity index (χ0) is 9.19. The van der Waals surface area contributed by atoms with Crippen LogP contribution in [0.3, 0.4) is 0 Å². The Labute approximate surface area is 80.4 Å². The molecule has 0 radical (unpaired) electrons. The number of hydrogen-bond acceptors (Lipinski definition) is 3. The van der Waals surface area contributed by atoms with E-state index in [0.717, 1.165) is 26.4 Å². The van der Waals surface area contributed by atoms with Gasteiger partial charge in [0.2, 0.25) is 0 Å². The molecule has 1 saturated heterocycles. The summed E-state index contributed by atoms with van der Waals surface area (Å²) in [7, 11) is 0. The van der Waals surface area contributed by atoms with E-state index in [1.807, 2.05) is 0 Å². The molecule has 1 fully saturated rings. The van der Waals surface area contributed by atoms with Crippen molar-refractivity contribution in [1.29, 1.82) is 0 Å². The maximum Gasteiger partial charge on any atom is 0.0701 e. The molecule has 78 valence electrons. The van der Waals surface area contributed by atoms with E-state index in [2.05, 4.69) is 0 Å². The molecule has 1 aliphatic heterocycles. The van der Waals surface area contributed by atoms with Gasteiger partial charge in [-0.05, 0) is 12.8 Å². The van der Waals surface area contributed by atoms with Gasteiger partial charge in [0.15, 0.2) is 0 Å². The van der Waals surface area contributed by atoms with Crippen molar-refractivity contribution < 1.29 is 14.2 Å². The van der Waals surface area contributed by atoms with E-state index in [1.54, 1.807) is 0 Å². The fraction of sp³-hybridized carbons (Fsp3) is 1.00. The van der Waals surface area contributed by atoms with Gasteiger partial charge in [0.25, 0.3) is 0 Å². The van der Waals surface area contributed by atoms with E-state index < -0.39 is 0 Å². The second-order valence-electron chi connectivity index (χ2n) is 3.25. The first-order chi connectivity index (χ1) is 6.50. The van der Waals surface area contributed by atoms with Crippen molar-refractivity contribution in [2.75, 3.05) is 39.6 Å². The SMILES string of the molecule is C1CCCOCCOCCOCC1. The van der Waals surface area contributed by atoms with Gasteiger partial charge < -0.3 is 14.2 Å². The van der Waals surface area contributed by atoms with E-state index in [-0.39, 0.29) is 0 Å². The molecule has 0 aromatic rings. The van der Waals surface area contributed by atoms with E-state index in [0.29, 0.717) is 13.2 Å². The number of ether oxygens (including phenoxy) is 3. The molecule has 0 aromatic heterocycles. The highest BCUT2D eigenvalue weighted by Crippen LogP contribution is 2.01. The number of hydrogen-bond donors (Lipinski definition) is 0. The summed E-state index contributed by atoms with van der Waals surface area (Å²) in [5.74, 6) is 0. The zero-order valence-electron chi connectivity index (χ0n) is 8.30. The van der Waals surface area contributed by atoms with Crippen LogP contribution >= 0.6 is 0 Å². The van der Waals surface area contributed by atoms with Crippen molar-refractivity contribution in [3.8, 4) is 0 Å². The maximum absolute atomic E-state index is 5.38. The molecular formula is C10H20O3. The topological polar surface area (TPSA) is 27.7 Å². The standard InChI is InChI=1S/C10H20O3/c1-2-4-6-12-8-10-13-9-7-11-5-3-1/h1-10H2. The second kappa shape index (κ2) is 8.48. The van der Waals surface area contributed by atoms with Crippen molar-refractivity contribution in [2.24, 2.45) is 0 Å². The third-order valence-corrected chi connectivity index (χ3v) is 2.07. The first-order valence-electron chi connectivity index (χ1n) is 5.23. The molecule has 1 aliphatic rings. The minimum absolute atomic E-state index is 0.698. The van der Waals surface area contributed by atoms with Crippen LogP contribution in [0.5, 0.6) is 0 Å². The van der Waals surface area contributed by atoms with Crippen molar-refractivity contribution >= 4 is 0 Å². The first kappa shape index (κ1) is 11.0. The lowest BCUT2D eigenvalue weighted by Gasteiger charge is -2.04. The summed E-state index contributed by atoms with van der Waals surface area (Å²) in [6.45, 7) is 4.60. The highest BCUT2D eigenvalue weighted by Gasteiger charge is 1.95. The molecule has 0 aliphatic carbocycles. The monoisotopic (exact) mass is 188 g/mol. The minimum atomic E-state index is 0.698. The van der Waals surface area contributed by atoms with Crippen LogP contribution in [0.25, 0.3) is 0 Å². The molecule has 0 saturated carbocycles. The van der Waals surface area contributed by atoms with Crippen molar-refractivity contribution in [1.82, 2.24) is 0 Å². The highest BCUT2D eigenvalue weighted by atomic mass is 16.5. The van der Waals surface area contributed by atoms with E-state index >= 15 is 0 Å². The summed E-state index contributed by atoms with van der Waals surface area (Å²) < 4.78 is 16.1. The lowest BCUT2D eigenvalue weighted by atomic mass is 10.2. The molecule has 0 bridgehead atoms. The van der Waals surface area contributed by atoms with Crippen LogP contribution in [0, 0.1) is 0 Å². The Balaban J connectivity index is 2.01. The van der Waals surface area contributed by atoms with Crippen LogP contribution in [-0.4, -0.2) is 39.6 Å². The fourth-order valence-electron chi connectivity index (χ4n) is 1.30. The van der Waals surface area contributed by atoms with Crippen LogP contribution in [0.1, 0.15) is 25.7 Å². The maximum atomic E-state index is 5.38. The molecule has 1 rings (SSSR count). The van der Waals surface area contributed by atoms with Crippen molar-refractivity contribution in [3.63, 3.8) is 0 Å². The highest BCUT2D eigenvalue weighted by molar-refractivity contribution is 4.44. The third-order valence-electron chi connectivity index (χ3n) is 2.07. The first-order valence-corrected chi connectivity index (χ1v) is 5.23. The lowest BCUT2D eigenvalue weighted by Crippen LogP contribution is -2.09. The summed E-state index contributed by atoms with van der Waals surface area (Å²) in [5.41, 5.74) is 0. The quantitative estimate of drug-likeness (QED) is 0.578. The Hall–Kier alpha value is -0.120. The van der Waals surface area contributed by atoms with E-state index in [1.165, 1.54) is 25.7 Å². The van der Waals surface area contributed by atoms with Gasteiger partial charge in [-0.25, -0.2) is 0 Å². The summed E-state index contributed by atoms with van der Waals surface area (Å²) in [5, 5.41) is 0.